The first-order chi connectivity index (χ1) is 16.8. The lowest BCUT2D eigenvalue weighted by Gasteiger charge is -2.34. The molecule has 2 N–H and O–H groups in total. The van der Waals surface area contributed by atoms with Crippen molar-refractivity contribution in [1.29, 1.82) is 0 Å². The number of carbonyl (C=O) groups excluding carboxylic acids is 2. The van der Waals surface area contributed by atoms with E-state index < -0.39 is 56.1 Å². The Labute approximate surface area is 209 Å². The van der Waals surface area contributed by atoms with Crippen LogP contribution in [0.4, 0.5) is 13.6 Å². The van der Waals surface area contributed by atoms with E-state index in [0.717, 1.165) is 12.1 Å². The highest BCUT2D eigenvalue weighted by Crippen LogP contribution is 2.26. The second kappa shape index (κ2) is 10.8. The Morgan fingerprint density at radius 1 is 1.11 bits per heavy atom. The summed E-state index contributed by atoms with van der Waals surface area (Å²) >= 11 is 0. The van der Waals surface area contributed by atoms with Gasteiger partial charge in [-0.15, -0.1) is 0 Å². The Balaban J connectivity index is 1.76. The van der Waals surface area contributed by atoms with Crippen molar-refractivity contribution in [2.75, 3.05) is 13.1 Å². The molecule has 0 unspecified atom stereocenters. The summed E-state index contributed by atoms with van der Waals surface area (Å²) in [7, 11) is -3.57. The van der Waals surface area contributed by atoms with Gasteiger partial charge in [0.25, 0.3) is 0 Å². The molecule has 0 bridgehead atoms. The predicted octanol–water partition coefficient (Wildman–Crippen LogP) is 3.57. The number of nitrogens with one attached hydrogen (secondary N) is 1. The number of hydrogen-bond donors (Lipinski definition) is 2. The van der Waals surface area contributed by atoms with Gasteiger partial charge < -0.3 is 20.1 Å². The Morgan fingerprint density at radius 2 is 1.67 bits per heavy atom. The number of sulfone groups is 1. The zero-order chi connectivity index (χ0) is 26.7. The van der Waals surface area contributed by atoms with E-state index in [4.69, 9.17) is 4.74 Å². The average Bonchev–Trinajstić information content (AvgIpc) is 2.81. The molecular weight excluding hydrogens is 494 g/mol. The third-order valence-corrected chi connectivity index (χ3v) is 8.05. The van der Waals surface area contributed by atoms with Crippen LogP contribution in [0, 0.1) is 11.6 Å². The molecule has 1 saturated heterocycles. The molecule has 11 heteroatoms. The van der Waals surface area contributed by atoms with Gasteiger partial charge in [-0.25, -0.2) is 22.0 Å². The molecule has 2 amide bonds. The van der Waals surface area contributed by atoms with Gasteiger partial charge in [0, 0.05) is 19.5 Å². The van der Waals surface area contributed by atoms with E-state index in [0.29, 0.717) is 0 Å². The zero-order valence-electron chi connectivity index (χ0n) is 20.3. The van der Waals surface area contributed by atoms with Crippen molar-refractivity contribution in [3.05, 3.63) is 59.7 Å². The fraction of sp³-hybridized carbons (Fsp3) is 0.440. The summed E-state index contributed by atoms with van der Waals surface area (Å²) in [6.45, 7) is 5.19. The molecule has 1 fully saturated rings. The van der Waals surface area contributed by atoms with Crippen molar-refractivity contribution < 1.29 is 36.6 Å². The first-order valence-electron chi connectivity index (χ1n) is 11.5. The van der Waals surface area contributed by atoms with E-state index in [1.54, 1.807) is 39.0 Å². The molecule has 0 aromatic heterocycles. The normalized spacial score (nSPS) is 15.9. The number of benzene rings is 2. The zero-order valence-corrected chi connectivity index (χ0v) is 21.1. The molecule has 0 aliphatic carbocycles. The minimum atomic E-state index is -3.57. The van der Waals surface area contributed by atoms with Crippen molar-refractivity contribution in [3.63, 3.8) is 0 Å². The van der Waals surface area contributed by atoms with E-state index in [-0.39, 0.29) is 42.8 Å². The smallest absolute Gasteiger partial charge is 0.408 e. The topological polar surface area (TPSA) is 113 Å². The Bertz CT molecular complexity index is 1180. The lowest BCUT2D eigenvalue weighted by molar-refractivity contribution is -0.134. The number of piperidine rings is 1. The summed E-state index contributed by atoms with van der Waals surface area (Å²) in [6.07, 6.45) is -0.758. The summed E-state index contributed by atoms with van der Waals surface area (Å²) in [5.74, 6) is -4.06. The van der Waals surface area contributed by atoms with Crippen LogP contribution in [0.15, 0.2) is 47.4 Å². The Kier molecular flexibility index (Phi) is 8.22. The molecule has 1 aliphatic rings. The molecule has 2 aromatic rings. The monoisotopic (exact) mass is 524 g/mol. The van der Waals surface area contributed by atoms with Crippen LogP contribution >= 0.6 is 0 Å². The van der Waals surface area contributed by atoms with Crippen LogP contribution in [0.2, 0.25) is 0 Å². The van der Waals surface area contributed by atoms with E-state index in [9.17, 15) is 31.9 Å². The van der Waals surface area contributed by atoms with Crippen LogP contribution < -0.4 is 5.32 Å². The van der Waals surface area contributed by atoms with Crippen LogP contribution in [-0.4, -0.2) is 60.4 Å². The maximum Gasteiger partial charge on any atom is 0.408 e. The number of alkyl carbamates (subject to hydrolysis) is 1. The first kappa shape index (κ1) is 27.4. The Hall–Kier alpha value is -3.21. The number of likely N-dealkylation sites (tertiary alicyclic amines) is 1. The number of nitrogens with zero attached hydrogens (tertiary/aromatic N) is 1. The minimum absolute atomic E-state index is 0.0405. The van der Waals surface area contributed by atoms with Gasteiger partial charge in [-0.1, -0.05) is 18.2 Å². The molecule has 1 heterocycles. The largest absolute Gasteiger partial charge is 0.503 e. The van der Waals surface area contributed by atoms with Crippen LogP contribution in [-0.2, 0) is 25.8 Å². The highest BCUT2D eigenvalue weighted by Gasteiger charge is 2.35. The quantitative estimate of drug-likeness (QED) is 0.598. The van der Waals surface area contributed by atoms with Crippen molar-refractivity contribution >= 4 is 21.8 Å². The number of amides is 2. The molecule has 0 radical (unpaired) electrons. The van der Waals surface area contributed by atoms with E-state index in [1.165, 1.54) is 17.0 Å². The first-order valence-corrected chi connectivity index (χ1v) is 13.1. The van der Waals surface area contributed by atoms with Gasteiger partial charge in [-0.2, -0.15) is 0 Å². The molecule has 3 rings (SSSR count). The number of aromatic hydroxyl groups is 1. The van der Waals surface area contributed by atoms with E-state index >= 15 is 0 Å². The number of ether oxygens (including phenoxy) is 1. The number of halogens is 2. The lowest BCUT2D eigenvalue weighted by atomic mass is 10.0. The summed E-state index contributed by atoms with van der Waals surface area (Å²) in [6, 6.07) is 8.62. The van der Waals surface area contributed by atoms with Gasteiger partial charge in [-0.05, 0) is 63.4 Å². The summed E-state index contributed by atoms with van der Waals surface area (Å²) in [5.41, 5.74) is -0.808. The Morgan fingerprint density at radius 3 is 2.19 bits per heavy atom. The number of phenolic OH excluding ortho intramolecular Hbond substituents is 1. The van der Waals surface area contributed by atoms with E-state index in [1.807, 2.05) is 0 Å². The van der Waals surface area contributed by atoms with Crippen LogP contribution in [0.5, 0.6) is 5.75 Å². The third-order valence-electron chi connectivity index (χ3n) is 5.77. The van der Waals surface area contributed by atoms with Gasteiger partial charge in [0.1, 0.15) is 11.6 Å². The second-order valence-corrected chi connectivity index (χ2v) is 11.9. The second-order valence-electron chi connectivity index (χ2n) is 9.69. The molecule has 0 spiro atoms. The maximum atomic E-state index is 13.9. The number of hydrogen-bond acceptors (Lipinski definition) is 6. The van der Waals surface area contributed by atoms with Gasteiger partial charge in [0.05, 0.1) is 10.1 Å². The number of phenols is 1. The lowest BCUT2D eigenvalue weighted by Crippen LogP contribution is -2.53. The highest BCUT2D eigenvalue weighted by atomic mass is 32.2. The van der Waals surface area contributed by atoms with Crippen molar-refractivity contribution in [2.45, 2.75) is 61.8 Å². The summed E-state index contributed by atoms with van der Waals surface area (Å²) in [4.78, 5) is 27.4. The predicted molar refractivity (Wildman–Crippen MR) is 128 cm³/mol. The van der Waals surface area contributed by atoms with E-state index in [2.05, 4.69) is 5.32 Å². The van der Waals surface area contributed by atoms with Crippen LogP contribution in [0.1, 0.15) is 39.2 Å². The molecule has 1 aliphatic heterocycles. The standard InChI is InChI=1S/C25H30F2N2O6S/c1-25(2,3)35-24(32)28-21(15-16-13-19(26)22(30)20(27)14-16)23(31)29-11-9-18(10-12-29)36(33,34)17-7-5-4-6-8-17/h4-8,13-14,18,21,30H,9-12,15H2,1-3H3,(H,28,32)/t21-/m0/s1. The van der Waals surface area contributed by atoms with Crippen molar-refractivity contribution in [3.8, 4) is 5.75 Å². The van der Waals surface area contributed by atoms with Crippen molar-refractivity contribution in [2.24, 2.45) is 0 Å². The molecule has 1 atom stereocenters. The van der Waals surface area contributed by atoms with Gasteiger partial charge >= 0.3 is 6.09 Å². The molecule has 2 aromatic carbocycles. The number of carbonyl (C=O) groups is 2. The van der Waals surface area contributed by atoms with Gasteiger partial charge in [0.2, 0.25) is 5.91 Å². The third kappa shape index (κ3) is 6.71. The molecule has 196 valence electrons. The fourth-order valence-corrected chi connectivity index (χ4v) is 5.78. The SMILES string of the molecule is CC(C)(C)OC(=O)N[C@@H](Cc1cc(F)c(O)c(F)c1)C(=O)N1CCC(S(=O)(=O)c2ccccc2)CC1. The number of rotatable bonds is 6. The molecule has 36 heavy (non-hydrogen) atoms. The maximum absolute atomic E-state index is 13.9. The van der Waals surface area contributed by atoms with Crippen molar-refractivity contribution in [1.82, 2.24) is 10.2 Å². The molecule has 8 nitrogen and oxygen atoms in total. The van der Waals surface area contributed by atoms with Crippen LogP contribution in [0.3, 0.4) is 0 Å². The molecular formula is C25H30F2N2O6S. The summed E-state index contributed by atoms with van der Waals surface area (Å²) in [5, 5.41) is 11.2. The summed E-state index contributed by atoms with van der Waals surface area (Å²) < 4.78 is 58.9. The highest BCUT2D eigenvalue weighted by molar-refractivity contribution is 7.92. The molecule has 0 saturated carbocycles. The fourth-order valence-electron chi connectivity index (χ4n) is 4.03. The average molecular weight is 525 g/mol. The van der Waals surface area contributed by atoms with Crippen LogP contribution in [0.25, 0.3) is 0 Å². The van der Waals surface area contributed by atoms with Gasteiger partial charge in [0.15, 0.2) is 27.2 Å². The minimum Gasteiger partial charge on any atom is -0.503 e. The van der Waals surface area contributed by atoms with Gasteiger partial charge in [-0.3, -0.25) is 4.79 Å².